The highest BCUT2D eigenvalue weighted by atomic mass is 16.5. The zero-order chi connectivity index (χ0) is 17.1. The van der Waals surface area contributed by atoms with Gasteiger partial charge in [0.25, 0.3) is 0 Å². The summed E-state index contributed by atoms with van der Waals surface area (Å²) in [5.74, 6) is 1.40. The fourth-order valence-electron chi connectivity index (χ4n) is 3.52. The van der Waals surface area contributed by atoms with Crippen LogP contribution in [-0.2, 0) is 22.5 Å². The molecule has 24 heavy (non-hydrogen) atoms. The van der Waals surface area contributed by atoms with Crippen LogP contribution in [0.4, 0.5) is 0 Å². The minimum absolute atomic E-state index is 0.168. The molecule has 1 saturated heterocycles. The third kappa shape index (κ3) is 3.99. The molecule has 0 spiro atoms. The smallest absolute Gasteiger partial charge is 0.231 e. The molecule has 1 fully saturated rings. The van der Waals surface area contributed by atoms with E-state index in [-0.39, 0.29) is 24.7 Å². The number of carbonyl (C=O) groups is 1. The van der Waals surface area contributed by atoms with Crippen LogP contribution in [0.15, 0.2) is 12.1 Å². The van der Waals surface area contributed by atoms with E-state index in [1.54, 1.807) is 7.11 Å². The Labute approximate surface area is 142 Å². The second-order valence-corrected chi connectivity index (χ2v) is 6.68. The molecule has 2 atom stereocenters. The number of ether oxygens (including phenoxy) is 3. The van der Waals surface area contributed by atoms with Gasteiger partial charge in [-0.25, -0.2) is 0 Å². The first-order valence-corrected chi connectivity index (χ1v) is 8.54. The quantitative estimate of drug-likeness (QED) is 0.818. The van der Waals surface area contributed by atoms with Gasteiger partial charge in [0.1, 0.15) is 17.6 Å². The molecule has 0 unspecified atom stereocenters. The van der Waals surface area contributed by atoms with Crippen molar-refractivity contribution < 1.29 is 19.0 Å². The van der Waals surface area contributed by atoms with E-state index in [1.165, 1.54) is 5.56 Å². The summed E-state index contributed by atoms with van der Waals surface area (Å²) in [5.41, 5.74) is 7.60. The van der Waals surface area contributed by atoms with E-state index in [0.717, 1.165) is 42.9 Å². The molecular formula is C18H26N2O4. The summed E-state index contributed by atoms with van der Waals surface area (Å²) in [5, 5.41) is 0. The summed E-state index contributed by atoms with van der Waals surface area (Å²) in [4.78, 5) is 13.5. The van der Waals surface area contributed by atoms with E-state index in [0.29, 0.717) is 13.1 Å². The van der Waals surface area contributed by atoms with Crippen molar-refractivity contribution >= 4 is 5.91 Å². The van der Waals surface area contributed by atoms with E-state index in [9.17, 15) is 4.79 Å². The number of hydrogen-bond donors (Lipinski definition) is 1. The maximum absolute atomic E-state index is 11.4. The van der Waals surface area contributed by atoms with Crippen molar-refractivity contribution in [2.75, 3.05) is 26.8 Å². The van der Waals surface area contributed by atoms with Crippen LogP contribution in [0.2, 0.25) is 0 Å². The fraction of sp³-hybridized carbons (Fsp3) is 0.611. The molecule has 0 saturated carbocycles. The van der Waals surface area contributed by atoms with Crippen LogP contribution in [0.5, 0.6) is 11.5 Å². The third-order valence-corrected chi connectivity index (χ3v) is 4.56. The molecule has 2 heterocycles. The molecule has 1 amide bonds. The molecule has 0 bridgehead atoms. The normalized spacial score (nSPS) is 22.5. The second kappa shape index (κ2) is 7.40. The lowest BCUT2D eigenvalue weighted by Gasteiger charge is -2.25. The van der Waals surface area contributed by atoms with Gasteiger partial charge >= 0.3 is 0 Å². The lowest BCUT2D eigenvalue weighted by molar-refractivity contribution is -0.119. The van der Waals surface area contributed by atoms with Crippen molar-refractivity contribution in [3.63, 3.8) is 0 Å². The maximum atomic E-state index is 11.4. The predicted octanol–water partition coefficient (Wildman–Crippen LogP) is 1.48. The molecule has 0 aliphatic carbocycles. The first kappa shape index (κ1) is 17.0. The van der Waals surface area contributed by atoms with Gasteiger partial charge in [0.05, 0.1) is 19.8 Å². The van der Waals surface area contributed by atoms with Crippen LogP contribution < -0.4 is 15.2 Å². The molecule has 132 valence electrons. The first-order valence-electron chi connectivity index (χ1n) is 8.54. The zero-order valence-corrected chi connectivity index (χ0v) is 14.4. The number of primary amides is 1. The Morgan fingerprint density at radius 1 is 1.46 bits per heavy atom. The van der Waals surface area contributed by atoms with E-state index in [2.05, 4.69) is 6.92 Å². The van der Waals surface area contributed by atoms with Gasteiger partial charge in [-0.2, -0.15) is 0 Å². The average Bonchev–Trinajstić information content (AvgIpc) is 3.13. The number of amides is 1. The standard InChI is InChI=1S/C18H26N2O4/c1-12-6-13-7-16(22-2)14(8-17(13)24-12)9-20(11-18(19)21)10-15-4-3-5-23-15/h7-8,12,15H,3-6,9-11H2,1-2H3,(H2,19,21)/t12-,15+/m1/s1. The maximum Gasteiger partial charge on any atom is 0.231 e. The van der Waals surface area contributed by atoms with Crippen LogP contribution in [-0.4, -0.2) is 49.8 Å². The van der Waals surface area contributed by atoms with Gasteiger partial charge in [0, 0.05) is 37.2 Å². The minimum atomic E-state index is -0.335. The molecule has 2 N–H and O–H groups in total. The summed E-state index contributed by atoms with van der Waals surface area (Å²) in [6.07, 6.45) is 3.35. The highest BCUT2D eigenvalue weighted by Gasteiger charge is 2.24. The Kier molecular flexibility index (Phi) is 5.26. The average molecular weight is 334 g/mol. The number of fused-ring (bicyclic) bond motifs is 1. The van der Waals surface area contributed by atoms with Gasteiger partial charge in [-0.15, -0.1) is 0 Å². The lowest BCUT2D eigenvalue weighted by atomic mass is 10.1. The first-order chi connectivity index (χ1) is 11.5. The fourth-order valence-corrected chi connectivity index (χ4v) is 3.52. The topological polar surface area (TPSA) is 74.0 Å². The van der Waals surface area contributed by atoms with Gasteiger partial charge in [-0.1, -0.05) is 0 Å². The van der Waals surface area contributed by atoms with Crippen molar-refractivity contribution in [1.29, 1.82) is 0 Å². The SMILES string of the molecule is COc1cc2c(cc1CN(CC(N)=O)C[C@@H]1CCCO1)O[C@H](C)C2. The highest BCUT2D eigenvalue weighted by molar-refractivity contribution is 5.75. The molecule has 3 rings (SSSR count). The van der Waals surface area contributed by atoms with Gasteiger partial charge in [-0.3, -0.25) is 9.69 Å². The third-order valence-electron chi connectivity index (χ3n) is 4.56. The largest absolute Gasteiger partial charge is 0.496 e. The van der Waals surface area contributed by atoms with E-state index in [1.807, 2.05) is 17.0 Å². The van der Waals surface area contributed by atoms with E-state index >= 15 is 0 Å². The summed E-state index contributed by atoms with van der Waals surface area (Å²) in [7, 11) is 1.67. The molecule has 0 aromatic heterocycles. The van der Waals surface area contributed by atoms with Gasteiger partial charge in [0.15, 0.2) is 0 Å². The van der Waals surface area contributed by atoms with Crippen LogP contribution in [0.3, 0.4) is 0 Å². The van der Waals surface area contributed by atoms with Crippen molar-refractivity contribution in [2.45, 2.75) is 44.9 Å². The molecule has 6 heteroatoms. The summed E-state index contributed by atoms with van der Waals surface area (Å²) in [6, 6.07) is 4.07. The Bertz CT molecular complexity index is 599. The molecule has 1 aromatic carbocycles. The minimum Gasteiger partial charge on any atom is -0.496 e. The van der Waals surface area contributed by atoms with Crippen LogP contribution in [0.25, 0.3) is 0 Å². The molecule has 6 nitrogen and oxygen atoms in total. The van der Waals surface area contributed by atoms with E-state index in [4.69, 9.17) is 19.9 Å². The number of hydrogen-bond acceptors (Lipinski definition) is 5. The number of methoxy groups -OCH3 is 1. The predicted molar refractivity (Wildman–Crippen MR) is 90.2 cm³/mol. The van der Waals surface area contributed by atoms with Crippen molar-refractivity contribution in [2.24, 2.45) is 5.73 Å². The van der Waals surface area contributed by atoms with E-state index < -0.39 is 0 Å². The number of carbonyl (C=O) groups excluding carboxylic acids is 1. The zero-order valence-electron chi connectivity index (χ0n) is 14.4. The number of nitrogens with zero attached hydrogens (tertiary/aromatic N) is 1. The van der Waals surface area contributed by atoms with Gasteiger partial charge < -0.3 is 19.9 Å². The molecule has 2 aliphatic heterocycles. The van der Waals surface area contributed by atoms with Gasteiger partial charge in [-0.05, 0) is 31.9 Å². The summed E-state index contributed by atoms with van der Waals surface area (Å²) >= 11 is 0. The Balaban J connectivity index is 1.77. The van der Waals surface area contributed by atoms with Crippen molar-refractivity contribution in [3.8, 4) is 11.5 Å². The summed E-state index contributed by atoms with van der Waals surface area (Å²) < 4.78 is 17.1. The second-order valence-electron chi connectivity index (χ2n) is 6.68. The molecule has 1 aromatic rings. The van der Waals surface area contributed by atoms with Crippen molar-refractivity contribution in [1.82, 2.24) is 4.90 Å². The Hall–Kier alpha value is -1.79. The summed E-state index contributed by atoms with van der Waals surface area (Å²) in [6.45, 7) is 4.33. The molecular weight excluding hydrogens is 308 g/mol. The molecule has 0 radical (unpaired) electrons. The highest BCUT2D eigenvalue weighted by Crippen LogP contribution is 2.35. The Morgan fingerprint density at radius 2 is 2.29 bits per heavy atom. The molecule has 2 aliphatic rings. The van der Waals surface area contributed by atoms with Crippen LogP contribution in [0, 0.1) is 0 Å². The number of nitrogens with two attached hydrogens (primary N) is 1. The van der Waals surface area contributed by atoms with Crippen molar-refractivity contribution in [3.05, 3.63) is 23.3 Å². The Morgan fingerprint density at radius 3 is 2.96 bits per heavy atom. The number of rotatable bonds is 7. The lowest BCUT2D eigenvalue weighted by Crippen LogP contribution is -2.38. The van der Waals surface area contributed by atoms with Gasteiger partial charge in [0.2, 0.25) is 5.91 Å². The monoisotopic (exact) mass is 334 g/mol. The van der Waals surface area contributed by atoms with Crippen LogP contribution >= 0.6 is 0 Å². The van der Waals surface area contributed by atoms with Crippen LogP contribution in [0.1, 0.15) is 30.9 Å². The number of benzene rings is 1.